The van der Waals surface area contributed by atoms with Crippen LogP contribution in [0.4, 0.5) is 0 Å². The molecule has 0 aromatic heterocycles. The van der Waals surface area contributed by atoms with E-state index in [0.717, 1.165) is 5.56 Å². The van der Waals surface area contributed by atoms with Gasteiger partial charge in [-0.3, -0.25) is 0 Å². The highest BCUT2D eigenvalue weighted by Crippen LogP contribution is 2.07. The number of ether oxygens (including phenoxy) is 1. The molecular formula is C13H18N2O2. The predicted octanol–water partition coefficient (Wildman–Crippen LogP) is 1.05. The summed E-state index contributed by atoms with van der Waals surface area (Å²) in [7, 11) is 1.63. The predicted molar refractivity (Wildman–Crippen MR) is 65.4 cm³/mol. The fraction of sp³-hybridized carbons (Fsp3) is 0.462. The van der Waals surface area contributed by atoms with Crippen molar-refractivity contribution in [2.45, 2.75) is 19.0 Å². The zero-order valence-corrected chi connectivity index (χ0v) is 10.0. The second kappa shape index (κ2) is 7.80. The summed E-state index contributed by atoms with van der Waals surface area (Å²) in [5.74, 6) is 0. The van der Waals surface area contributed by atoms with Gasteiger partial charge < -0.3 is 15.2 Å². The standard InChI is InChI=1S/C13H18N2O2/c1-17-10-13(6-7-16)15-9-12-5-3-2-4-11(12)8-14/h2-5,13,15-16H,6-7,9-10H2,1H3. The summed E-state index contributed by atoms with van der Waals surface area (Å²) in [6.07, 6.45) is 0.641. The van der Waals surface area contributed by atoms with Gasteiger partial charge >= 0.3 is 0 Å². The second-order valence-corrected chi connectivity index (χ2v) is 3.81. The largest absolute Gasteiger partial charge is 0.396 e. The monoisotopic (exact) mass is 234 g/mol. The lowest BCUT2D eigenvalue weighted by Gasteiger charge is -2.17. The van der Waals surface area contributed by atoms with E-state index in [0.29, 0.717) is 25.1 Å². The molecule has 4 nitrogen and oxygen atoms in total. The van der Waals surface area contributed by atoms with E-state index >= 15 is 0 Å². The summed E-state index contributed by atoms with van der Waals surface area (Å²) in [6, 6.07) is 9.76. The lowest BCUT2D eigenvalue weighted by Crippen LogP contribution is -2.33. The van der Waals surface area contributed by atoms with E-state index in [4.69, 9.17) is 15.1 Å². The van der Waals surface area contributed by atoms with Gasteiger partial charge in [-0.15, -0.1) is 0 Å². The van der Waals surface area contributed by atoms with Crippen molar-refractivity contribution in [3.8, 4) is 6.07 Å². The number of hydrogen-bond acceptors (Lipinski definition) is 4. The molecule has 0 spiro atoms. The van der Waals surface area contributed by atoms with Crippen molar-refractivity contribution in [2.75, 3.05) is 20.3 Å². The number of aliphatic hydroxyl groups excluding tert-OH is 1. The van der Waals surface area contributed by atoms with E-state index in [9.17, 15) is 0 Å². The topological polar surface area (TPSA) is 65.3 Å². The molecule has 0 saturated heterocycles. The molecule has 0 aliphatic heterocycles. The van der Waals surface area contributed by atoms with Crippen molar-refractivity contribution in [3.63, 3.8) is 0 Å². The minimum atomic E-state index is 0.108. The van der Waals surface area contributed by atoms with E-state index in [1.807, 2.05) is 18.2 Å². The zero-order chi connectivity index (χ0) is 12.5. The third kappa shape index (κ3) is 4.53. The van der Waals surface area contributed by atoms with Crippen LogP contribution in [0.15, 0.2) is 24.3 Å². The molecule has 1 rings (SSSR count). The van der Waals surface area contributed by atoms with Crippen molar-refractivity contribution in [1.29, 1.82) is 5.26 Å². The Morgan fingerprint density at radius 3 is 2.88 bits per heavy atom. The zero-order valence-electron chi connectivity index (χ0n) is 10.0. The van der Waals surface area contributed by atoms with Gasteiger partial charge in [0.25, 0.3) is 0 Å². The molecule has 0 radical (unpaired) electrons. The summed E-state index contributed by atoms with van der Waals surface area (Å²) >= 11 is 0. The normalized spacial score (nSPS) is 12.1. The lowest BCUT2D eigenvalue weighted by atomic mass is 10.1. The maximum absolute atomic E-state index is 8.95. The van der Waals surface area contributed by atoms with Crippen LogP contribution < -0.4 is 5.32 Å². The Hall–Kier alpha value is -1.41. The van der Waals surface area contributed by atoms with Crippen molar-refractivity contribution < 1.29 is 9.84 Å². The highest BCUT2D eigenvalue weighted by atomic mass is 16.5. The Balaban J connectivity index is 2.56. The Labute approximate surface area is 102 Å². The quantitative estimate of drug-likeness (QED) is 0.740. The van der Waals surface area contributed by atoms with Gasteiger partial charge in [-0.1, -0.05) is 18.2 Å². The van der Waals surface area contributed by atoms with Crippen LogP contribution in [-0.2, 0) is 11.3 Å². The number of nitriles is 1. The SMILES string of the molecule is COCC(CCO)NCc1ccccc1C#N. The van der Waals surface area contributed by atoms with Crippen LogP contribution in [0.5, 0.6) is 0 Å². The van der Waals surface area contributed by atoms with Crippen molar-refractivity contribution >= 4 is 0 Å². The highest BCUT2D eigenvalue weighted by molar-refractivity contribution is 5.37. The van der Waals surface area contributed by atoms with Gasteiger partial charge in [0, 0.05) is 26.3 Å². The molecule has 0 saturated carbocycles. The molecule has 0 amide bonds. The number of methoxy groups -OCH3 is 1. The number of nitrogens with one attached hydrogen (secondary N) is 1. The third-order valence-electron chi connectivity index (χ3n) is 2.56. The number of nitrogens with zero attached hydrogens (tertiary/aromatic N) is 1. The molecule has 1 aromatic carbocycles. The molecule has 92 valence electrons. The maximum Gasteiger partial charge on any atom is 0.0995 e. The molecule has 0 fully saturated rings. The first-order valence-electron chi connectivity index (χ1n) is 5.63. The van der Waals surface area contributed by atoms with Gasteiger partial charge in [0.15, 0.2) is 0 Å². The molecule has 0 aliphatic carbocycles. The van der Waals surface area contributed by atoms with Crippen LogP contribution in [0.1, 0.15) is 17.5 Å². The van der Waals surface area contributed by atoms with Crippen LogP contribution in [0.2, 0.25) is 0 Å². The number of rotatable bonds is 7. The van der Waals surface area contributed by atoms with Crippen molar-refractivity contribution in [1.82, 2.24) is 5.32 Å². The Morgan fingerprint density at radius 1 is 1.47 bits per heavy atom. The first-order chi connectivity index (χ1) is 8.31. The summed E-state index contributed by atoms with van der Waals surface area (Å²) in [4.78, 5) is 0. The molecule has 17 heavy (non-hydrogen) atoms. The Kier molecular flexibility index (Phi) is 6.26. The van der Waals surface area contributed by atoms with Gasteiger partial charge in [0.1, 0.15) is 0 Å². The maximum atomic E-state index is 8.95. The van der Waals surface area contributed by atoms with E-state index in [1.54, 1.807) is 13.2 Å². The molecule has 2 N–H and O–H groups in total. The highest BCUT2D eigenvalue weighted by Gasteiger charge is 2.08. The molecular weight excluding hydrogens is 216 g/mol. The summed E-state index contributed by atoms with van der Waals surface area (Å²) < 4.78 is 5.06. The van der Waals surface area contributed by atoms with Crippen LogP contribution in [0.3, 0.4) is 0 Å². The Morgan fingerprint density at radius 2 is 2.24 bits per heavy atom. The van der Waals surface area contributed by atoms with Gasteiger partial charge in [0.05, 0.1) is 18.2 Å². The molecule has 1 aromatic rings. The van der Waals surface area contributed by atoms with Crippen LogP contribution in [0.25, 0.3) is 0 Å². The first kappa shape index (κ1) is 13.7. The first-order valence-corrected chi connectivity index (χ1v) is 5.63. The van der Waals surface area contributed by atoms with Gasteiger partial charge in [-0.2, -0.15) is 5.26 Å². The second-order valence-electron chi connectivity index (χ2n) is 3.81. The molecule has 0 heterocycles. The van der Waals surface area contributed by atoms with Crippen LogP contribution in [-0.4, -0.2) is 31.5 Å². The van der Waals surface area contributed by atoms with E-state index < -0.39 is 0 Å². The molecule has 1 unspecified atom stereocenters. The van der Waals surface area contributed by atoms with Gasteiger partial charge in [-0.25, -0.2) is 0 Å². The van der Waals surface area contributed by atoms with Gasteiger partial charge in [0.2, 0.25) is 0 Å². The number of benzene rings is 1. The number of hydrogen-bond donors (Lipinski definition) is 2. The van der Waals surface area contributed by atoms with Crippen LogP contribution in [0, 0.1) is 11.3 Å². The summed E-state index contributed by atoms with van der Waals surface area (Å²) in [5, 5.41) is 21.1. The Bertz CT molecular complexity index is 368. The molecule has 4 heteroatoms. The minimum absolute atomic E-state index is 0.108. The minimum Gasteiger partial charge on any atom is -0.396 e. The fourth-order valence-electron chi connectivity index (χ4n) is 1.64. The number of aliphatic hydroxyl groups is 1. The summed E-state index contributed by atoms with van der Waals surface area (Å²) in [5.41, 5.74) is 1.65. The lowest BCUT2D eigenvalue weighted by molar-refractivity contribution is 0.148. The van der Waals surface area contributed by atoms with Crippen molar-refractivity contribution in [3.05, 3.63) is 35.4 Å². The fourth-order valence-corrected chi connectivity index (χ4v) is 1.64. The third-order valence-corrected chi connectivity index (χ3v) is 2.56. The van der Waals surface area contributed by atoms with E-state index in [2.05, 4.69) is 11.4 Å². The average molecular weight is 234 g/mol. The summed E-state index contributed by atoms with van der Waals surface area (Å²) in [6.45, 7) is 1.29. The van der Waals surface area contributed by atoms with E-state index in [1.165, 1.54) is 0 Å². The average Bonchev–Trinajstić information content (AvgIpc) is 2.37. The van der Waals surface area contributed by atoms with E-state index in [-0.39, 0.29) is 12.6 Å². The van der Waals surface area contributed by atoms with Crippen molar-refractivity contribution in [2.24, 2.45) is 0 Å². The van der Waals surface area contributed by atoms with Gasteiger partial charge in [-0.05, 0) is 18.1 Å². The molecule has 0 bridgehead atoms. The molecule has 1 atom stereocenters. The molecule has 0 aliphatic rings. The van der Waals surface area contributed by atoms with Crippen LogP contribution >= 0.6 is 0 Å². The smallest absolute Gasteiger partial charge is 0.0995 e.